The summed E-state index contributed by atoms with van der Waals surface area (Å²) in [4.78, 5) is 26.4. The molecule has 0 radical (unpaired) electrons. The number of hydrogen-bond acceptors (Lipinski definition) is 5. The average molecular weight is 228 g/mol. The molecule has 0 aliphatic carbocycles. The first-order valence-corrected chi connectivity index (χ1v) is 4.75. The molecule has 16 heavy (non-hydrogen) atoms. The fourth-order valence-electron chi connectivity index (χ4n) is 0.694. The van der Waals surface area contributed by atoms with Crippen LogP contribution in [0.4, 0.5) is 4.79 Å². The van der Waals surface area contributed by atoms with Gasteiger partial charge in [-0.2, -0.15) is 0 Å². The molecule has 0 aliphatic heterocycles. The van der Waals surface area contributed by atoms with E-state index >= 15 is 0 Å². The highest BCUT2D eigenvalue weighted by molar-refractivity contribution is 5.86. The quantitative estimate of drug-likeness (QED) is 0.252. The van der Waals surface area contributed by atoms with Crippen LogP contribution in [0.3, 0.4) is 0 Å². The van der Waals surface area contributed by atoms with Gasteiger partial charge in [0.15, 0.2) is 0 Å². The fraction of sp³-hybridized carbons (Fsp3) is 0.500. The molecular formula is C10H16N2O4. The molecule has 0 aromatic rings. The van der Waals surface area contributed by atoms with E-state index in [4.69, 9.17) is 4.74 Å². The molecule has 0 fully saturated rings. The van der Waals surface area contributed by atoms with Gasteiger partial charge in [-0.15, -0.1) is 0 Å². The number of nitrogens with one attached hydrogen (secondary N) is 1. The van der Waals surface area contributed by atoms with Crippen molar-refractivity contribution in [2.45, 2.75) is 26.8 Å². The second kappa shape index (κ2) is 7.44. The van der Waals surface area contributed by atoms with Crippen LogP contribution in [0.2, 0.25) is 0 Å². The molecule has 0 aliphatic rings. The van der Waals surface area contributed by atoms with Gasteiger partial charge < -0.3 is 10.1 Å². The third-order valence-electron chi connectivity index (χ3n) is 1.42. The predicted molar refractivity (Wildman–Crippen MR) is 59.0 cm³/mol. The summed E-state index contributed by atoms with van der Waals surface area (Å²) in [6, 6.07) is -0.358. The minimum atomic E-state index is -0.697. The number of carbonyl (C=O) groups is 2. The van der Waals surface area contributed by atoms with Crippen molar-refractivity contribution in [3.63, 3.8) is 0 Å². The molecule has 0 saturated heterocycles. The third kappa shape index (κ3) is 6.58. The van der Waals surface area contributed by atoms with Gasteiger partial charge in [0.05, 0.1) is 6.04 Å². The Morgan fingerprint density at radius 3 is 2.69 bits per heavy atom. The average Bonchev–Trinajstić information content (AvgIpc) is 2.22. The molecule has 0 bridgehead atoms. The van der Waals surface area contributed by atoms with Crippen molar-refractivity contribution < 1.29 is 19.2 Å². The zero-order chi connectivity index (χ0) is 12.6. The monoisotopic (exact) mass is 228 g/mol. The number of oxime groups is 1. The van der Waals surface area contributed by atoms with Crippen LogP contribution in [-0.2, 0) is 14.4 Å². The molecule has 1 atom stereocenters. The van der Waals surface area contributed by atoms with Crippen molar-refractivity contribution in [2.24, 2.45) is 5.16 Å². The minimum Gasteiger partial charge on any atom is -0.460 e. The third-order valence-corrected chi connectivity index (χ3v) is 1.42. The van der Waals surface area contributed by atoms with Crippen LogP contribution in [0, 0.1) is 0 Å². The number of ether oxygens (including phenoxy) is 1. The summed E-state index contributed by atoms with van der Waals surface area (Å²) in [5.41, 5.74) is 0.311. The van der Waals surface area contributed by atoms with Crippen LogP contribution in [0.5, 0.6) is 0 Å². The molecule has 90 valence electrons. The number of amides is 1. The van der Waals surface area contributed by atoms with Gasteiger partial charge in [0.2, 0.25) is 0 Å². The second-order valence-corrected chi connectivity index (χ2v) is 3.17. The van der Waals surface area contributed by atoms with E-state index in [2.05, 4.69) is 21.9 Å². The number of esters is 1. The summed E-state index contributed by atoms with van der Waals surface area (Å²) in [6.07, 6.45) is 0.641. The maximum Gasteiger partial charge on any atom is 0.433 e. The van der Waals surface area contributed by atoms with Crippen molar-refractivity contribution in [3.8, 4) is 0 Å². The summed E-state index contributed by atoms with van der Waals surface area (Å²) in [5, 5.41) is 5.72. The lowest BCUT2D eigenvalue weighted by atomic mass is 10.3. The predicted octanol–water partition coefficient (Wildman–Crippen LogP) is 1.23. The van der Waals surface area contributed by atoms with Crippen LogP contribution in [-0.4, -0.2) is 30.9 Å². The van der Waals surface area contributed by atoms with Crippen LogP contribution in [0.15, 0.2) is 17.3 Å². The molecule has 6 heteroatoms. The number of nitrogens with zero attached hydrogens (tertiary/aromatic N) is 1. The van der Waals surface area contributed by atoms with E-state index in [1.54, 1.807) is 20.8 Å². The molecule has 0 saturated carbocycles. The van der Waals surface area contributed by atoms with Gasteiger partial charge in [0.25, 0.3) is 0 Å². The first kappa shape index (κ1) is 14.2. The fourth-order valence-corrected chi connectivity index (χ4v) is 0.694. The summed E-state index contributed by atoms with van der Waals surface area (Å²) in [6.45, 7) is 8.31. The SMILES string of the molecule is C=C(C)C(=O)OCC(C)NC(=O)O/N=C/C. The maximum atomic E-state index is 11.0. The molecule has 6 nitrogen and oxygen atoms in total. The lowest BCUT2D eigenvalue weighted by Crippen LogP contribution is -2.36. The highest BCUT2D eigenvalue weighted by Gasteiger charge is 2.11. The zero-order valence-electron chi connectivity index (χ0n) is 9.65. The van der Waals surface area contributed by atoms with E-state index < -0.39 is 12.1 Å². The molecule has 0 spiro atoms. The number of hydrogen-bond donors (Lipinski definition) is 1. The first-order valence-electron chi connectivity index (χ1n) is 4.75. The summed E-state index contributed by atoms with van der Waals surface area (Å²) in [5.74, 6) is -0.492. The topological polar surface area (TPSA) is 77.0 Å². The minimum absolute atomic E-state index is 0.0522. The van der Waals surface area contributed by atoms with Crippen LogP contribution in [0.1, 0.15) is 20.8 Å². The largest absolute Gasteiger partial charge is 0.460 e. The summed E-state index contributed by atoms with van der Waals surface area (Å²) >= 11 is 0. The standard InChI is InChI=1S/C10H16N2O4/c1-5-11-16-10(14)12-8(4)6-15-9(13)7(2)3/h5,8H,2,6H2,1,3-4H3,(H,12,14)/b11-5+. The van der Waals surface area contributed by atoms with Crippen molar-refractivity contribution >= 4 is 18.3 Å². The van der Waals surface area contributed by atoms with Gasteiger partial charge in [-0.1, -0.05) is 11.7 Å². The molecule has 0 rings (SSSR count). The highest BCUT2D eigenvalue weighted by Crippen LogP contribution is 1.94. The zero-order valence-corrected chi connectivity index (χ0v) is 9.65. The van der Waals surface area contributed by atoms with Gasteiger partial charge in [-0.05, 0) is 20.8 Å². The molecule has 0 aromatic heterocycles. The molecule has 1 amide bonds. The lowest BCUT2D eigenvalue weighted by molar-refractivity contribution is -0.139. The Labute approximate surface area is 94.3 Å². The lowest BCUT2D eigenvalue weighted by Gasteiger charge is -2.12. The van der Waals surface area contributed by atoms with E-state index in [9.17, 15) is 9.59 Å². The normalized spacial score (nSPS) is 11.9. The molecule has 0 heterocycles. The Morgan fingerprint density at radius 2 is 2.19 bits per heavy atom. The van der Waals surface area contributed by atoms with E-state index in [1.165, 1.54) is 6.21 Å². The molecule has 1 N–H and O–H groups in total. The van der Waals surface area contributed by atoms with E-state index in [0.29, 0.717) is 5.57 Å². The van der Waals surface area contributed by atoms with E-state index in [-0.39, 0.29) is 12.6 Å². The molecular weight excluding hydrogens is 212 g/mol. The van der Waals surface area contributed by atoms with Crippen molar-refractivity contribution in [1.29, 1.82) is 0 Å². The van der Waals surface area contributed by atoms with Gasteiger partial charge >= 0.3 is 12.1 Å². The Hall–Kier alpha value is -1.85. The van der Waals surface area contributed by atoms with Crippen LogP contribution >= 0.6 is 0 Å². The van der Waals surface area contributed by atoms with Gasteiger partial charge in [0.1, 0.15) is 6.61 Å². The summed E-state index contributed by atoms with van der Waals surface area (Å²) in [7, 11) is 0. The van der Waals surface area contributed by atoms with Crippen molar-refractivity contribution in [2.75, 3.05) is 6.61 Å². The second-order valence-electron chi connectivity index (χ2n) is 3.17. The van der Waals surface area contributed by atoms with Crippen molar-refractivity contribution in [1.82, 2.24) is 5.32 Å². The highest BCUT2D eigenvalue weighted by atomic mass is 16.7. The van der Waals surface area contributed by atoms with Crippen LogP contribution in [0.25, 0.3) is 0 Å². The van der Waals surface area contributed by atoms with E-state index in [0.717, 1.165) is 0 Å². The molecule has 1 unspecified atom stereocenters. The van der Waals surface area contributed by atoms with Crippen molar-refractivity contribution in [3.05, 3.63) is 12.2 Å². The first-order chi connectivity index (χ1) is 7.47. The Bertz CT molecular complexity index is 299. The van der Waals surface area contributed by atoms with Crippen LogP contribution < -0.4 is 5.32 Å². The Balaban J connectivity index is 3.82. The summed E-state index contributed by atoms with van der Waals surface area (Å²) < 4.78 is 4.82. The van der Waals surface area contributed by atoms with Gasteiger partial charge in [-0.25, -0.2) is 9.59 Å². The number of rotatable bonds is 5. The van der Waals surface area contributed by atoms with Gasteiger partial charge in [0, 0.05) is 11.8 Å². The Kier molecular flexibility index (Phi) is 6.58. The Morgan fingerprint density at radius 1 is 1.56 bits per heavy atom. The maximum absolute atomic E-state index is 11.0. The molecule has 0 aromatic carbocycles. The van der Waals surface area contributed by atoms with Gasteiger partial charge in [-0.3, -0.25) is 4.84 Å². The van der Waals surface area contributed by atoms with E-state index in [1.807, 2.05) is 0 Å². The number of carbonyl (C=O) groups excluding carboxylic acids is 2. The smallest absolute Gasteiger partial charge is 0.433 e.